The van der Waals surface area contributed by atoms with Crippen LogP contribution in [0.25, 0.3) is 0 Å². The minimum absolute atomic E-state index is 0.377. The predicted molar refractivity (Wildman–Crippen MR) is 63.1 cm³/mol. The van der Waals surface area contributed by atoms with Gasteiger partial charge < -0.3 is 16.2 Å². The maximum atomic E-state index is 13.2. The molecule has 20 heavy (non-hydrogen) atoms. The van der Waals surface area contributed by atoms with Gasteiger partial charge in [-0.25, -0.2) is 13.8 Å². The topological polar surface area (TPSA) is 70.6 Å². The van der Waals surface area contributed by atoms with Crippen LogP contribution in [0.1, 0.15) is 6.92 Å². The van der Waals surface area contributed by atoms with Gasteiger partial charge in [-0.3, -0.25) is 0 Å². The fourth-order valence-corrected chi connectivity index (χ4v) is 1.10. The third-order valence-electron chi connectivity index (χ3n) is 2.36. The van der Waals surface area contributed by atoms with Gasteiger partial charge in [-0.2, -0.15) is 13.2 Å². The molecule has 0 saturated heterocycles. The van der Waals surface area contributed by atoms with E-state index < -0.39 is 35.9 Å². The molecule has 0 bridgehead atoms. The monoisotopic (exact) mass is 297 g/mol. The molecule has 0 aliphatic rings. The van der Waals surface area contributed by atoms with Crippen LogP contribution in [-0.2, 0) is 0 Å². The Morgan fingerprint density at radius 1 is 1.35 bits per heavy atom. The molecule has 0 spiro atoms. The highest BCUT2D eigenvalue weighted by Crippen LogP contribution is 2.30. The third-order valence-corrected chi connectivity index (χ3v) is 2.36. The van der Waals surface area contributed by atoms with Crippen molar-refractivity contribution in [1.82, 2.24) is 0 Å². The molecule has 1 aromatic carbocycles. The molecule has 9 heteroatoms. The van der Waals surface area contributed by atoms with Crippen molar-refractivity contribution < 1.29 is 27.1 Å². The summed E-state index contributed by atoms with van der Waals surface area (Å²) in [6.45, 7) is -0.557. The lowest BCUT2D eigenvalue weighted by atomic mass is 10.1. The molecule has 1 atom stereocenters. The van der Waals surface area contributed by atoms with E-state index in [4.69, 9.17) is 10.8 Å². The van der Waals surface area contributed by atoms with Crippen LogP contribution in [0.15, 0.2) is 23.2 Å². The van der Waals surface area contributed by atoms with Gasteiger partial charge in [-0.05, 0) is 19.1 Å². The SMILES string of the molecule is CC(O)(CN=C(N)Nc1cc(F)ccc1F)C(F)(F)F. The first kappa shape index (κ1) is 16.2. The largest absolute Gasteiger partial charge is 0.418 e. The highest BCUT2D eigenvalue weighted by molar-refractivity contribution is 5.92. The number of aliphatic imine (C=N–C) groups is 1. The van der Waals surface area contributed by atoms with Crippen molar-refractivity contribution in [3.63, 3.8) is 0 Å². The van der Waals surface area contributed by atoms with Gasteiger partial charge in [0.2, 0.25) is 0 Å². The predicted octanol–water partition coefficient (Wildman–Crippen LogP) is 2.00. The summed E-state index contributed by atoms with van der Waals surface area (Å²) >= 11 is 0. The summed E-state index contributed by atoms with van der Waals surface area (Å²) in [5.74, 6) is -2.20. The first-order valence-electron chi connectivity index (χ1n) is 5.34. The summed E-state index contributed by atoms with van der Waals surface area (Å²) in [4.78, 5) is 3.25. The van der Waals surface area contributed by atoms with Crippen LogP contribution in [0.3, 0.4) is 0 Å². The first-order chi connectivity index (χ1) is 9.03. The van der Waals surface area contributed by atoms with Gasteiger partial charge >= 0.3 is 6.18 Å². The molecule has 4 nitrogen and oxygen atoms in total. The molecule has 0 amide bonds. The molecule has 0 radical (unpaired) electrons. The quantitative estimate of drug-likeness (QED) is 0.454. The number of benzene rings is 1. The molecule has 1 rings (SSSR count). The lowest BCUT2D eigenvalue weighted by Crippen LogP contribution is -2.45. The maximum Gasteiger partial charge on any atom is 0.418 e. The Hall–Kier alpha value is -1.90. The molecule has 0 aliphatic carbocycles. The molecule has 1 aromatic rings. The second-order valence-corrected chi connectivity index (χ2v) is 4.22. The van der Waals surface area contributed by atoms with Gasteiger partial charge in [0, 0.05) is 6.07 Å². The summed E-state index contributed by atoms with van der Waals surface area (Å²) in [6, 6.07) is 2.44. The number of hydrogen-bond donors (Lipinski definition) is 3. The van der Waals surface area contributed by atoms with E-state index in [1.165, 1.54) is 0 Å². The minimum atomic E-state index is -4.89. The molecule has 112 valence electrons. The number of halogens is 5. The van der Waals surface area contributed by atoms with E-state index >= 15 is 0 Å². The fraction of sp³-hybridized carbons (Fsp3) is 0.364. The zero-order valence-corrected chi connectivity index (χ0v) is 10.3. The van der Waals surface area contributed by atoms with Gasteiger partial charge in [-0.1, -0.05) is 0 Å². The van der Waals surface area contributed by atoms with Crippen LogP contribution in [0.4, 0.5) is 27.6 Å². The lowest BCUT2D eigenvalue weighted by Gasteiger charge is -2.24. The smallest absolute Gasteiger partial charge is 0.379 e. The second kappa shape index (κ2) is 5.61. The number of alkyl halides is 3. The zero-order valence-electron chi connectivity index (χ0n) is 10.3. The Morgan fingerprint density at radius 2 is 1.95 bits per heavy atom. The zero-order chi connectivity index (χ0) is 15.6. The van der Waals surface area contributed by atoms with Gasteiger partial charge in [0.05, 0.1) is 12.2 Å². The van der Waals surface area contributed by atoms with Crippen molar-refractivity contribution in [2.24, 2.45) is 10.7 Å². The van der Waals surface area contributed by atoms with E-state index in [1.807, 2.05) is 0 Å². The number of anilines is 1. The number of hydrogen-bond acceptors (Lipinski definition) is 2. The normalized spacial score (nSPS) is 15.8. The third kappa shape index (κ3) is 4.05. The standard InChI is InChI=1S/C11H12F5N3O/c1-10(20,11(14,15)16)5-18-9(17)19-8-4-6(12)2-3-7(8)13/h2-4,20H,5H2,1H3,(H3,17,18,19). The average Bonchev–Trinajstić information content (AvgIpc) is 2.30. The average molecular weight is 297 g/mol. The summed E-state index contributed by atoms with van der Waals surface area (Å²) in [6.07, 6.45) is -4.89. The van der Waals surface area contributed by atoms with E-state index in [2.05, 4.69) is 10.3 Å². The number of nitrogens with two attached hydrogens (primary N) is 1. The minimum Gasteiger partial charge on any atom is -0.379 e. The Kier molecular flexibility index (Phi) is 4.53. The lowest BCUT2D eigenvalue weighted by molar-refractivity contribution is -0.248. The maximum absolute atomic E-state index is 13.2. The van der Waals surface area contributed by atoms with E-state index in [-0.39, 0.29) is 5.69 Å². The first-order valence-corrected chi connectivity index (χ1v) is 5.34. The van der Waals surface area contributed by atoms with Crippen LogP contribution >= 0.6 is 0 Å². The van der Waals surface area contributed by atoms with E-state index in [0.717, 1.165) is 18.2 Å². The van der Waals surface area contributed by atoms with Crippen molar-refractivity contribution in [1.29, 1.82) is 0 Å². The van der Waals surface area contributed by atoms with Gasteiger partial charge in [-0.15, -0.1) is 0 Å². The van der Waals surface area contributed by atoms with Crippen molar-refractivity contribution in [3.8, 4) is 0 Å². The summed E-state index contributed by atoms with van der Waals surface area (Å²) in [7, 11) is 0. The summed E-state index contributed by atoms with van der Waals surface area (Å²) in [5, 5.41) is 11.2. The number of nitrogens with zero attached hydrogens (tertiary/aromatic N) is 1. The van der Waals surface area contributed by atoms with Crippen molar-refractivity contribution >= 4 is 11.6 Å². The van der Waals surface area contributed by atoms with Crippen LogP contribution < -0.4 is 11.1 Å². The second-order valence-electron chi connectivity index (χ2n) is 4.22. The molecule has 0 fully saturated rings. The number of guanidine groups is 1. The van der Waals surface area contributed by atoms with E-state index in [0.29, 0.717) is 6.92 Å². The van der Waals surface area contributed by atoms with Crippen LogP contribution in [-0.4, -0.2) is 29.4 Å². The number of rotatable bonds is 3. The summed E-state index contributed by atoms with van der Waals surface area (Å²) in [5.41, 5.74) is 1.80. The fourth-order valence-electron chi connectivity index (χ4n) is 1.10. The molecule has 1 unspecified atom stereocenters. The van der Waals surface area contributed by atoms with Gasteiger partial charge in [0.15, 0.2) is 11.6 Å². The Bertz CT molecular complexity index is 513. The Morgan fingerprint density at radius 3 is 2.50 bits per heavy atom. The van der Waals surface area contributed by atoms with E-state index in [1.54, 1.807) is 0 Å². The molecular weight excluding hydrogens is 285 g/mol. The number of aliphatic hydroxyl groups is 1. The molecule has 4 N–H and O–H groups in total. The van der Waals surface area contributed by atoms with Crippen molar-refractivity contribution in [3.05, 3.63) is 29.8 Å². The van der Waals surface area contributed by atoms with Crippen molar-refractivity contribution in [2.45, 2.75) is 18.7 Å². The molecule has 0 heterocycles. The molecule has 0 aromatic heterocycles. The van der Waals surface area contributed by atoms with E-state index in [9.17, 15) is 22.0 Å². The van der Waals surface area contributed by atoms with Crippen molar-refractivity contribution in [2.75, 3.05) is 11.9 Å². The highest BCUT2D eigenvalue weighted by Gasteiger charge is 2.49. The van der Waals surface area contributed by atoms with Crippen LogP contribution in [0.2, 0.25) is 0 Å². The van der Waals surface area contributed by atoms with Crippen LogP contribution in [0.5, 0.6) is 0 Å². The molecule has 0 saturated carbocycles. The molecular formula is C11H12F5N3O. The number of nitrogens with one attached hydrogen (secondary N) is 1. The van der Waals surface area contributed by atoms with Gasteiger partial charge in [0.25, 0.3) is 0 Å². The Labute approximate surface area is 111 Å². The summed E-state index contributed by atoms with van der Waals surface area (Å²) < 4.78 is 63.1. The van der Waals surface area contributed by atoms with Gasteiger partial charge in [0.1, 0.15) is 11.6 Å². The highest BCUT2D eigenvalue weighted by atomic mass is 19.4. The Balaban J connectivity index is 2.79. The molecule has 0 aliphatic heterocycles. The van der Waals surface area contributed by atoms with Crippen LogP contribution in [0, 0.1) is 11.6 Å².